The average molecular weight is 344 g/mol. The Bertz CT molecular complexity index is 638. The molecule has 1 aromatic rings. The molecule has 0 bridgehead atoms. The van der Waals surface area contributed by atoms with E-state index in [2.05, 4.69) is 0 Å². The molecule has 1 atom stereocenters. The second-order valence-electron chi connectivity index (χ2n) is 5.67. The van der Waals surface area contributed by atoms with Crippen molar-refractivity contribution in [3.8, 4) is 5.75 Å². The van der Waals surface area contributed by atoms with Crippen LogP contribution in [0.3, 0.4) is 0 Å². The van der Waals surface area contributed by atoms with Crippen LogP contribution in [0.15, 0.2) is 24.3 Å². The lowest BCUT2D eigenvalue weighted by molar-refractivity contribution is -0.906. The molecular formula is C14H20N2O6S. The van der Waals surface area contributed by atoms with Crippen molar-refractivity contribution >= 4 is 16.0 Å². The summed E-state index contributed by atoms with van der Waals surface area (Å²) in [5.74, 6) is -0.822. The number of hydrogen-bond donors (Lipinski definition) is 3. The van der Waals surface area contributed by atoms with Gasteiger partial charge in [0.15, 0.2) is 0 Å². The summed E-state index contributed by atoms with van der Waals surface area (Å²) in [6, 6.07) is 6.02. The molecule has 1 aliphatic rings. The Balaban J connectivity index is 1.84. The fourth-order valence-electron chi connectivity index (χ4n) is 2.64. The van der Waals surface area contributed by atoms with Crippen molar-refractivity contribution in [1.82, 2.24) is 4.90 Å². The zero-order valence-electron chi connectivity index (χ0n) is 12.5. The lowest BCUT2D eigenvalue weighted by Crippen LogP contribution is -3.16. The van der Waals surface area contributed by atoms with Gasteiger partial charge < -0.3 is 24.6 Å². The third-order valence-corrected chi connectivity index (χ3v) is 4.59. The maximum absolute atomic E-state index is 12.3. The van der Waals surface area contributed by atoms with E-state index >= 15 is 0 Å². The number of hydrogen-bond acceptors (Lipinski definition) is 6. The minimum Gasteiger partial charge on any atom is -0.748 e. The van der Waals surface area contributed by atoms with E-state index in [9.17, 15) is 28.0 Å². The van der Waals surface area contributed by atoms with Crippen LogP contribution in [0.25, 0.3) is 0 Å². The van der Waals surface area contributed by atoms with Crippen molar-refractivity contribution in [2.45, 2.75) is 6.10 Å². The lowest BCUT2D eigenvalue weighted by atomic mass is 10.1. The Morgan fingerprint density at radius 3 is 2.35 bits per heavy atom. The van der Waals surface area contributed by atoms with Crippen molar-refractivity contribution in [3.05, 3.63) is 29.8 Å². The van der Waals surface area contributed by atoms with E-state index in [1.165, 1.54) is 12.1 Å². The third kappa shape index (κ3) is 5.47. The first kappa shape index (κ1) is 17.7. The second kappa shape index (κ2) is 7.26. The standard InChI is InChI=1S/C14H20N2O6S/c17-12-3-1-11(2-4-12)14(19)16-7-5-15(6-8-16)9-13(18)10-23(20,21)22/h1-4,13,17-18H,5-10H2,(H,20,21,22)/t13-/m1/s1. The van der Waals surface area contributed by atoms with Gasteiger partial charge in [0.2, 0.25) is 0 Å². The topological polar surface area (TPSA) is 122 Å². The molecule has 0 spiro atoms. The molecule has 1 aromatic carbocycles. The highest BCUT2D eigenvalue weighted by Gasteiger charge is 2.26. The molecule has 23 heavy (non-hydrogen) atoms. The third-order valence-electron chi connectivity index (χ3n) is 3.79. The molecular weight excluding hydrogens is 324 g/mol. The summed E-state index contributed by atoms with van der Waals surface area (Å²) in [5.41, 5.74) is 0.490. The number of carbonyl (C=O) groups excluding carboxylic acids is 1. The van der Waals surface area contributed by atoms with Crippen LogP contribution in [0.1, 0.15) is 10.4 Å². The number of rotatable bonds is 5. The number of aliphatic hydroxyl groups is 1. The number of amides is 1. The van der Waals surface area contributed by atoms with Gasteiger partial charge in [-0.3, -0.25) is 4.79 Å². The van der Waals surface area contributed by atoms with E-state index in [1.54, 1.807) is 17.0 Å². The van der Waals surface area contributed by atoms with E-state index < -0.39 is 22.0 Å². The van der Waals surface area contributed by atoms with Crippen molar-refractivity contribution in [3.63, 3.8) is 0 Å². The molecule has 0 unspecified atom stereocenters. The highest BCUT2D eigenvalue weighted by molar-refractivity contribution is 7.85. The first-order chi connectivity index (χ1) is 10.7. The number of carbonyl (C=O) groups is 1. The minimum absolute atomic E-state index is 0.0955. The molecule has 0 aromatic heterocycles. The van der Waals surface area contributed by atoms with Crippen LogP contribution < -0.4 is 4.90 Å². The number of quaternary nitrogens is 1. The lowest BCUT2D eigenvalue weighted by Gasteiger charge is -2.33. The molecule has 9 heteroatoms. The number of piperazine rings is 1. The maximum Gasteiger partial charge on any atom is 0.254 e. The molecule has 1 saturated heterocycles. The fraction of sp³-hybridized carbons (Fsp3) is 0.500. The number of phenolic OH excluding ortho intramolecular Hbond substituents is 1. The summed E-state index contributed by atoms with van der Waals surface area (Å²) < 4.78 is 31.8. The van der Waals surface area contributed by atoms with Crippen molar-refractivity contribution in [2.75, 3.05) is 38.5 Å². The zero-order valence-corrected chi connectivity index (χ0v) is 13.3. The molecule has 0 radical (unpaired) electrons. The average Bonchev–Trinajstić information content (AvgIpc) is 2.46. The van der Waals surface area contributed by atoms with Crippen molar-refractivity contribution in [1.29, 1.82) is 0 Å². The highest BCUT2D eigenvalue weighted by atomic mass is 32.2. The van der Waals surface area contributed by atoms with E-state index in [1.807, 2.05) is 0 Å². The van der Waals surface area contributed by atoms with Gasteiger partial charge in [0.1, 0.15) is 18.4 Å². The molecule has 0 saturated carbocycles. The monoisotopic (exact) mass is 344 g/mol. The molecule has 2 rings (SSSR count). The number of benzene rings is 1. The summed E-state index contributed by atoms with van der Waals surface area (Å²) >= 11 is 0. The Morgan fingerprint density at radius 1 is 1.26 bits per heavy atom. The summed E-state index contributed by atoms with van der Waals surface area (Å²) in [6.45, 7) is 2.26. The molecule has 8 nitrogen and oxygen atoms in total. The largest absolute Gasteiger partial charge is 0.748 e. The molecule has 3 N–H and O–H groups in total. The molecule has 1 aliphatic heterocycles. The predicted octanol–water partition coefficient (Wildman–Crippen LogP) is -2.36. The Kier molecular flexibility index (Phi) is 5.58. The van der Waals surface area contributed by atoms with Crippen LogP contribution in [0, 0.1) is 0 Å². The summed E-state index contributed by atoms with van der Waals surface area (Å²) in [6.07, 6.45) is -1.19. The van der Waals surface area contributed by atoms with Crippen LogP contribution in [-0.4, -0.2) is 78.6 Å². The molecule has 0 aliphatic carbocycles. The van der Waals surface area contributed by atoms with Crippen LogP contribution in [0.5, 0.6) is 5.75 Å². The smallest absolute Gasteiger partial charge is 0.254 e. The van der Waals surface area contributed by atoms with Gasteiger partial charge in [0, 0.05) is 5.56 Å². The van der Waals surface area contributed by atoms with Gasteiger partial charge in [-0.25, -0.2) is 8.42 Å². The van der Waals surface area contributed by atoms with Gasteiger partial charge in [-0.05, 0) is 24.3 Å². The highest BCUT2D eigenvalue weighted by Crippen LogP contribution is 2.11. The number of phenols is 1. The molecule has 1 heterocycles. The fourth-order valence-corrected chi connectivity index (χ4v) is 3.23. The summed E-state index contributed by atoms with van der Waals surface area (Å²) in [4.78, 5) is 14.9. The molecule has 1 fully saturated rings. The first-order valence-electron chi connectivity index (χ1n) is 7.28. The first-order valence-corrected chi connectivity index (χ1v) is 8.86. The summed E-state index contributed by atoms with van der Waals surface area (Å²) in [5, 5.41) is 18.8. The van der Waals surface area contributed by atoms with E-state index in [-0.39, 0.29) is 18.2 Å². The Hall–Kier alpha value is -1.68. The second-order valence-corrected chi connectivity index (χ2v) is 7.12. The van der Waals surface area contributed by atoms with Crippen molar-refractivity contribution < 1.29 is 32.9 Å². The number of nitrogens with zero attached hydrogens (tertiary/aromatic N) is 1. The van der Waals surface area contributed by atoms with Crippen LogP contribution >= 0.6 is 0 Å². The quantitative estimate of drug-likeness (QED) is 0.514. The van der Waals surface area contributed by atoms with Crippen LogP contribution in [-0.2, 0) is 10.1 Å². The van der Waals surface area contributed by atoms with E-state index in [0.29, 0.717) is 31.7 Å². The Labute approximate surface area is 134 Å². The normalized spacial score (nSPS) is 17.9. The van der Waals surface area contributed by atoms with E-state index in [4.69, 9.17) is 0 Å². The van der Waals surface area contributed by atoms with Gasteiger partial charge in [0.25, 0.3) is 5.91 Å². The molecule has 1 amide bonds. The summed E-state index contributed by atoms with van der Waals surface area (Å²) in [7, 11) is -4.44. The Morgan fingerprint density at radius 2 is 1.83 bits per heavy atom. The number of nitrogens with one attached hydrogen (secondary N) is 1. The molecule has 128 valence electrons. The van der Waals surface area contributed by atoms with Gasteiger partial charge in [-0.1, -0.05) is 0 Å². The maximum atomic E-state index is 12.3. The van der Waals surface area contributed by atoms with E-state index in [0.717, 1.165) is 4.90 Å². The van der Waals surface area contributed by atoms with Gasteiger partial charge >= 0.3 is 0 Å². The van der Waals surface area contributed by atoms with Gasteiger partial charge in [0.05, 0.1) is 42.1 Å². The van der Waals surface area contributed by atoms with Gasteiger partial charge in [-0.15, -0.1) is 0 Å². The zero-order chi connectivity index (χ0) is 17.0. The number of aromatic hydroxyl groups is 1. The van der Waals surface area contributed by atoms with Crippen molar-refractivity contribution in [2.24, 2.45) is 0 Å². The van der Waals surface area contributed by atoms with Crippen LogP contribution in [0.4, 0.5) is 0 Å². The van der Waals surface area contributed by atoms with Gasteiger partial charge in [-0.2, -0.15) is 0 Å². The van der Waals surface area contributed by atoms with Crippen LogP contribution in [0.2, 0.25) is 0 Å². The number of aliphatic hydroxyl groups excluding tert-OH is 1. The minimum atomic E-state index is -4.44. The SMILES string of the molecule is O=C(c1ccc(O)cc1)N1CC[NH+](C[C@@H](O)CS(=O)(=O)[O-])CC1. The predicted molar refractivity (Wildman–Crippen MR) is 80.1 cm³/mol.